The van der Waals surface area contributed by atoms with E-state index in [4.69, 9.17) is 4.74 Å². The van der Waals surface area contributed by atoms with Crippen molar-refractivity contribution in [2.45, 2.75) is 32.2 Å². The first-order valence-electron chi connectivity index (χ1n) is 9.48. The molecule has 0 saturated carbocycles. The van der Waals surface area contributed by atoms with E-state index in [2.05, 4.69) is 26.7 Å². The van der Waals surface area contributed by atoms with Crippen LogP contribution in [-0.2, 0) is 27.3 Å². The van der Waals surface area contributed by atoms with Crippen molar-refractivity contribution in [1.82, 2.24) is 15.1 Å². The van der Waals surface area contributed by atoms with Gasteiger partial charge in [0.1, 0.15) is 0 Å². The average molecular weight is 393 g/mol. The van der Waals surface area contributed by atoms with E-state index in [1.165, 1.54) is 17.6 Å². The third-order valence-electron chi connectivity index (χ3n) is 5.32. The van der Waals surface area contributed by atoms with Gasteiger partial charge in [0.25, 0.3) is 0 Å². The Hall–Kier alpha value is -2.09. The van der Waals surface area contributed by atoms with E-state index in [1.807, 2.05) is 4.90 Å². The highest BCUT2D eigenvalue weighted by Crippen LogP contribution is 2.24. The molecule has 1 fully saturated rings. The highest BCUT2D eigenvalue weighted by molar-refractivity contribution is 7.10. The zero-order chi connectivity index (χ0) is 19.2. The fourth-order valence-electron chi connectivity index (χ4n) is 3.73. The van der Waals surface area contributed by atoms with Crippen molar-refractivity contribution in [2.75, 3.05) is 40.3 Å². The predicted octanol–water partition coefficient (Wildman–Crippen LogP) is 1.48. The second kappa shape index (κ2) is 9.21. The van der Waals surface area contributed by atoms with Crippen LogP contribution in [0.15, 0.2) is 16.4 Å². The molecule has 3 heterocycles. The van der Waals surface area contributed by atoms with E-state index in [0.29, 0.717) is 13.0 Å². The number of likely N-dealkylation sites (tertiary alicyclic amines) is 1. The van der Waals surface area contributed by atoms with Crippen LogP contribution in [0, 0.1) is 5.92 Å². The summed E-state index contributed by atoms with van der Waals surface area (Å²) in [6, 6.07) is 2.12. The molecule has 148 valence electrons. The van der Waals surface area contributed by atoms with E-state index >= 15 is 0 Å². The van der Waals surface area contributed by atoms with Gasteiger partial charge in [0.05, 0.1) is 13.0 Å². The number of aliphatic imine (C=N–C) groups is 1. The van der Waals surface area contributed by atoms with Gasteiger partial charge in [-0.05, 0) is 36.3 Å². The number of methoxy groups -OCH3 is 1. The first-order chi connectivity index (χ1) is 13.1. The number of esters is 1. The van der Waals surface area contributed by atoms with Crippen molar-refractivity contribution in [1.29, 1.82) is 0 Å². The van der Waals surface area contributed by atoms with Crippen LogP contribution in [0.4, 0.5) is 0 Å². The maximum atomic E-state index is 12.5. The number of ether oxygens (including phenoxy) is 1. The summed E-state index contributed by atoms with van der Waals surface area (Å²) in [7, 11) is 3.19. The lowest BCUT2D eigenvalue weighted by Crippen LogP contribution is -2.47. The van der Waals surface area contributed by atoms with E-state index in [9.17, 15) is 9.59 Å². The van der Waals surface area contributed by atoms with Gasteiger partial charge in [0.15, 0.2) is 5.96 Å². The third-order valence-corrected chi connectivity index (χ3v) is 6.35. The normalized spacial score (nSPS) is 18.2. The van der Waals surface area contributed by atoms with E-state index in [-0.39, 0.29) is 17.8 Å². The molecule has 0 spiro atoms. The Morgan fingerprint density at radius 3 is 2.78 bits per heavy atom. The first-order valence-corrected chi connectivity index (χ1v) is 10.4. The quantitative estimate of drug-likeness (QED) is 0.477. The van der Waals surface area contributed by atoms with Gasteiger partial charge in [-0.2, -0.15) is 0 Å². The molecule has 1 aromatic heterocycles. The van der Waals surface area contributed by atoms with Gasteiger partial charge in [0.2, 0.25) is 5.91 Å². The van der Waals surface area contributed by atoms with Crippen LogP contribution in [0.25, 0.3) is 0 Å². The first kappa shape index (κ1) is 19.7. The van der Waals surface area contributed by atoms with Gasteiger partial charge in [-0.15, -0.1) is 11.3 Å². The summed E-state index contributed by atoms with van der Waals surface area (Å²) in [6.07, 6.45) is 2.95. The number of nitrogens with zero attached hydrogens (tertiary/aromatic N) is 3. The summed E-state index contributed by atoms with van der Waals surface area (Å²) < 4.78 is 4.83. The smallest absolute Gasteiger partial charge is 0.308 e. The lowest BCUT2D eigenvalue weighted by atomic mass is 9.97. The number of rotatable bonds is 4. The average Bonchev–Trinajstić information content (AvgIpc) is 3.18. The summed E-state index contributed by atoms with van der Waals surface area (Å²) in [4.78, 5) is 34.0. The van der Waals surface area contributed by atoms with Gasteiger partial charge in [-0.1, -0.05) is 0 Å². The number of fused-ring (bicyclic) bond motifs is 1. The Morgan fingerprint density at radius 2 is 2.07 bits per heavy atom. The number of thiophene rings is 1. The molecule has 0 radical (unpaired) electrons. The molecule has 8 heteroatoms. The van der Waals surface area contributed by atoms with Gasteiger partial charge >= 0.3 is 5.97 Å². The minimum Gasteiger partial charge on any atom is -0.469 e. The molecule has 27 heavy (non-hydrogen) atoms. The third kappa shape index (κ3) is 4.80. The second-order valence-electron chi connectivity index (χ2n) is 6.94. The molecule has 0 aromatic carbocycles. The summed E-state index contributed by atoms with van der Waals surface area (Å²) in [5.74, 6) is 0.828. The minimum atomic E-state index is -0.126. The molecule has 1 aromatic rings. The molecular weight excluding hydrogens is 364 g/mol. The number of nitrogens with one attached hydrogen (secondary N) is 1. The highest BCUT2D eigenvalue weighted by Gasteiger charge is 2.27. The Kier molecular flexibility index (Phi) is 6.71. The number of hydrogen-bond donors (Lipinski definition) is 1. The molecular formula is C19H28N4O3S. The maximum Gasteiger partial charge on any atom is 0.308 e. The number of hydrogen-bond acceptors (Lipinski definition) is 5. The molecule has 0 unspecified atom stereocenters. The molecule has 2 aliphatic rings. The van der Waals surface area contributed by atoms with Crippen LogP contribution in [0.2, 0.25) is 0 Å². The molecule has 3 rings (SSSR count). The fourth-order valence-corrected chi connectivity index (χ4v) is 4.62. The van der Waals surface area contributed by atoms with Crippen molar-refractivity contribution in [3.8, 4) is 0 Å². The van der Waals surface area contributed by atoms with Crippen molar-refractivity contribution in [3.63, 3.8) is 0 Å². The molecule has 0 aliphatic carbocycles. The number of carbonyl (C=O) groups excluding carboxylic acids is 2. The predicted molar refractivity (Wildman–Crippen MR) is 106 cm³/mol. The van der Waals surface area contributed by atoms with Gasteiger partial charge < -0.3 is 19.9 Å². The fraction of sp³-hybridized carbons (Fsp3) is 0.632. The van der Waals surface area contributed by atoms with E-state index < -0.39 is 0 Å². The minimum absolute atomic E-state index is 0.0213. The SMILES string of the molecule is CN=C(NCCC(=O)N1CCc2sccc2C1)N1CCC(C(=O)OC)CC1. The van der Waals surface area contributed by atoms with Crippen LogP contribution in [-0.4, -0.2) is 68.0 Å². The lowest BCUT2D eigenvalue weighted by Gasteiger charge is -2.33. The van der Waals surface area contributed by atoms with Gasteiger partial charge in [0, 0.05) is 51.1 Å². The maximum absolute atomic E-state index is 12.5. The number of guanidine groups is 1. The Balaban J connectivity index is 1.41. The van der Waals surface area contributed by atoms with Crippen LogP contribution in [0.5, 0.6) is 0 Å². The lowest BCUT2D eigenvalue weighted by molar-refractivity contribution is -0.146. The van der Waals surface area contributed by atoms with Crippen LogP contribution in [0.3, 0.4) is 0 Å². The summed E-state index contributed by atoms with van der Waals surface area (Å²) in [6.45, 7) is 3.63. The van der Waals surface area contributed by atoms with Crippen molar-refractivity contribution < 1.29 is 14.3 Å². The molecule has 7 nitrogen and oxygen atoms in total. The van der Waals surface area contributed by atoms with E-state index in [0.717, 1.165) is 51.4 Å². The van der Waals surface area contributed by atoms with E-state index in [1.54, 1.807) is 18.4 Å². The largest absolute Gasteiger partial charge is 0.469 e. The highest BCUT2D eigenvalue weighted by atomic mass is 32.1. The molecule has 0 bridgehead atoms. The summed E-state index contributed by atoms with van der Waals surface area (Å²) >= 11 is 1.78. The zero-order valence-electron chi connectivity index (χ0n) is 16.1. The molecule has 0 atom stereocenters. The van der Waals surface area contributed by atoms with Crippen molar-refractivity contribution in [2.24, 2.45) is 10.9 Å². The number of piperidine rings is 1. The van der Waals surface area contributed by atoms with Crippen LogP contribution >= 0.6 is 11.3 Å². The second-order valence-corrected chi connectivity index (χ2v) is 7.94. The number of amides is 1. The molecule has 1 saturated heterocycles. The zero-order valence-corrected chi connectivity index (χ0v) is 16.9. The standard InChI is InChI=1S/C19H28N4O3S/c1-20-19(22-9-4-14(5-10-22)18(25)26-2)21-8-3-17(24)23-11-6-16-15(13-23)7-12-27-16/h7,12,14H,3-6,8-11,13H2,1-2H3,(H,20,21). The number of carbonyl (C=O) groups is 2. The van der Waals surface area contributed by atoms with Crippen molar-refractivity contribution in [3.05, 3.63) is 21.9 Å². The monoisotopic (exact) mass is 392 g/mol. The summed E-state index contributed by atoms with van der Waals surface area (Å²) in [5.41, 5.74) is 1.29. The molecule has 1 amide bonds. The molecule has 1 N–H and O–H groups in total. The Morgan fingerprint density at radius 1 is 1.30 bits per heavy atom. The van der Waals surface area contributed by atoms with Gasteiger partial charge in [-0.25, -0.2) is 0 Å². The Bertz CT molecular complexity index is 695. The van der Waals surface area contributed by atoms with Crippen LogP contribution < -0.4 is 5.32 Å². The summed E-state index contributed by atoms with van der Waals surface area (Å²) in [5, 5.41) is 5.40. The topological polar surface area (TPSA) is 74.2 Å². The van der Waals surface area contributed by atoms with Crippen LogP contribution in [0.1, 0.15) is 29.7 Å². The van der Waals surface area contributed by atoms with Crippen molar-refractivity contribution >= 4 is 29.2 Å². The molecule has 2 aliphatic heterocycles. The Labute approximate surface area is 164 Å². The van der Waals surface area contributed by atoms with Gasteiger partial charge in [-0.3, -0.25) is 14.6 Å².